The molecule has 5 heteroatoms. The summed E-state index contributed by atoms with van der Waals surface area (Å²) in [5, 5.41) is 5.37. The number of hydrogen-bond donors (Lipinski definition) is 3. The van der Waals surface area contributed by atoms with Gasteiger partial charge in [-0.05, 0) is 30.2 Å². The number of carbonyl (C=O) groups is 2. The minimum absolute atomic E-state index is 0.0337. The van der Waals surface area contributed by atoms with Crippen LogP contribution in [0.1, 0.15) is 18.9 Å². The second kappa shape index (κ2) is 7.53. The monoisotopic (exact) mass is 263 g/mol. The summed E-state index contributed by atoms with van der Waals surface area (Å²) in [5.41, 5.74) is 7.12. The van der Waals surface area contributed by atoms with Gasteiger partial charge in [0.05, 0.1) is 6.42 Å². The molecule has 0 spiro atoms. The van der Waals surface area contributed by atoms with Crippen molar-refractivity contribution in [2.45, 2.75) is 19.8 Å². The van der Waals surface area contributed by atoms with Crippen molar-refractivity contribution in [2.24, 2.45) is 11.7 Å². The number of likely N-dealkylation sites (N-methyl/N-ethyl adjacent to an activating group) is 1. The number of anilines is 1. The molecular formula is C14H21N3O2. The van der Waals surface area contributed by atoms with Gasteiger partial charge in [-0.2, -0.15) is 0 Å². The molecule has 1 unspecified atom stereocenters. The Balaban J connectivity index is 2.52. The maximum Gasteiger partial charge on any atom is 0.224 e. The summed E-state index contributed by atoms with van der Waals surface area (Å²) in [5.74, 6) is 0.0954. The Hall–Kier alpha value is -1.88. The van der Waals surface area contributed by atoms with Crippen LogP contribution < -0.4 is 16.4 Å². The number of hydrogen-bond acceptors (Lipinski definition) is 3. The molecule has 5 nitrogen and oxygen atoms in total. The highest BCUT2D eigenvalue weighted by Crippen LogP contribution is 2.11. The van der Waals surface area contributed by atoms with Gasteiger partial charge in [-0.15, -0.1) is 0 Å². The standard InChI is InChI=1S/C14H21N3O2/c1-10(9-15)7-14(19)17-12-5-3-11(4-6-12)8-13(18)16-2/h3-6,10H,7-9,15H2,1-2H3,(H,16,18)(H,17,19). The van der Waals surface area contributed by atoms with E-state index in [0.29, 0.717) is 19.4 Å². The summed E-state index contributed by atoms with van der Waals surface area (Å²) in [6, 6.07) is 7.25. The molecule has 104 valence electrons. The van der Waals surface area contributed by atoms with Crippen LogP contribution in [0.3, 0.4) is 0 Å². The van der Waals surface area contributed by atoms with E-state index in [0.717, 1.165) is 11.3 Å². The molecule has 0 saturated heterocycles. The predicted molar refractivity (Wildman–Crippen MR) is 75.7 cm³/mol. The van der Waals surface area contributed by atoms with Crippen molar-refractivity contribution in [1.82, 2.24) is 5.32 Å². The van der Waals surface area contributed by atoms with E-state index < -0.39 is 0 Å². The van der Waals surface area contributed by atoms with Crippen molar-refractivity contribution >= 4 is 17.5 Å². The van der Waals surface area contributed by atoms with Gasteiger partial charge in [0, 0.05) is 19.2 Å². The van der Waals surface area contributed by atoms with Crippen LogP contribution in [-0.2, 0) is 16.0 Å². The van der Waals surface area contributed by atoms with Crippen LogP contribution in [0.4, 0.5) is 5.69 Å². The highest BCUT2D eigenvalue weighted by atomic mass is 16.2. The van der Waals surface area contributed by atoms with Crippen molar-refractivity contribution < 1.29 is 9.59 Å². The Kier molecular flexibility index (Phi) is 6.02. The fourth-order valence-electron chi connectivity index (χ4n) is 1.59. The molecule has 0 aliphatic rings. The van der Waals surface area contributed by atoms with Crippen LogP contribution in [0.5, 0.6) is 0 Å². The summed E-state index contributed by atoms with van der Waals surface area (Å²) < 4.78 is 0. The highest BCUT2D eigenvalue weighted by molar-refractivity contribution is 5.90. The van der Waals surface area contributed by atoms with Crippen LogP contribution in [0.15, 0.2) is 24.3 Å². The summed E-state index contributed by atoms with van der Waals surface area (Å²) >= 11 is 0. The van der Waals surface area contributed by atoms with Crippen molar-refractivity contribution in [3.05, 3.63) is 29.8 Å². The first-order valence-corrected chi connectivity index (χ1v) is 6.34. The molecule has 19 heavy (non-hydrogen) atoms. The third kappa shape index (κ3) is 5.52. The Morgan fingerprint density at radius 1 is 1.21 bits per heavy atom. The minimum atomic E-state index is -0.0444. The zero-order chi connectivity index (χ0) is 14.3. The van der Waals surface area contributed by atoms with E-state index in [1.165, 1.54) is 0 Å². The summed E-state index contributed by atoms with van der Waals surface area (Å²) in [6.07, 6.45) is 0.755. The van der Waals surface area contributed by atoms with Gasteiger partial charge in [0.1, 0.15) is 0 Å². The Labute approximate surface area is 113 Å². The van der Waals surface area contributed by atoms with Crippen LogP contribution in [0.2, 0.25) is 0 Å². The molecule has 0 aliphatic carbocycles. The van der Waals surface area contributed by atoms with Gasteiger partial charge in [0.25, 0.3) is 0 Å². The van der Waals surface area contributed by atoms with E-state index in [2.05, 4.69) is 10.6 Å². The summed E-state index contributed by atoms with van der Waals surface area (Å²) in [4.78, 5) is 22.9. The van der Waals surface area contributed by atoms with Gasteiger partial charge in [-0.3, -0.25) is 9.59 Å². The van der Waals surface area contributed by atoms with Gasteiger partial charge in [-0.25, -0.2) is 0 Å². The first kappa shape index (κ1) is 15.2. The number of benzene rings is 1. The SMILES string of the molecule is CNC(=O)Cc1ccc(NC(=O)CC(C)CN)cc1. The molecule has 1 atom stereocenters. The molecule has 0 saturated carbocycles. The number of nitrogens with two attached hydrogens (primary N) is 1. The molecule has 1 aromatic carbocycles. The largest absolute Gasteiger partial charge is 0.359 e. The van der Waals surface area contributed by atoms with Crippen molar-refractivity contribution in [2.75, 3.05) is 18.9 Å². The fourth-order valence-corrected chi connectivity index (χ4v) is 1.59. The van der Waals surface area contributed by atoms with E-state index in [4.69, 9.17) is 5.73 Å². The van der Waals surface area contributed by atoms with Crippen LogP contribution in [0.25, 0.3) is 0 Å². The lowest BCUT2D eigenvalue weighted by Gasteiger charge is -2.09. The first-order valence-electron chi connectivity index (χ1n) is 6.34. The normalized spacial score (nSPS) is 11.7. The number of rotatable bonds is 6. The van der Waals surface area contributed by atoms with Crippen molar-refractivity contribution in [1.29, 1.82) is 0 Å². The van der Waals surface area contributed by atoms with Crippen LogP contribution >= 0.6 is 0 Å². The van der Waals surface area contributed by atoms with Gasteiger partial charge < -0.3 is 16.4 Å². The quantitative estimate of drug-likeness (QED) is 0.713. The molecule has 0 fully saturated rings. The Bertz CT molecular complexity index is 429. The topological polar surface area (TPSA) is 84.2 Å². The second-order valence-electron chi connectivity index (χ2n) is 4.64. The number of amides is 2. The van der Waals surface area contributed by atoms with Gasteiger partial charge in [0.2, 0.25) is 11.8 Å². The molecule has 0 aromatic heterocycles. The average Bonchev–Trinajstić information content (AvgIpc) is 2.40. The smallest absolute Gasteiger partial charge is 0.224 e. The predicted octanol–water partition coefficient (Wildman–Crippen LogP) is 0.898. The van der Waals surface area contributed by atoms with Gasteiger partial charge in [-0.1, -0.05) is 19.1 Å². The maximum atomic E-state index is 11.7. The van der Waals surface area contributed by atoms with E-state index in [-0.39, 0.29) is 17.7 Å². The van der Waals surface area contributed by atoms with Crippen molar-refractivity contribution in [3.63, 3.8) is 0 Å². The lowest BCUT2D eigenvalue weighted by molar-refractivity contribution is -0.120. The highest BCUT2D eigenvalue weighted by Gasteiger charge is 2.08. The van der Waals surface area contributed by atoms with Gasteiger partial charge >= 0.3 is 0 Å². The molecule has 1 rings (SSSR count). The lowest BCUT2D eigenvalue weighted by Crippen LogP contribution is -2.20. The van der Waals surface area contributed by atoms with E-state index in [9.17, 15) is 9.59 Å². The molecule has 0 radical (unpaired) electrons. The maximum absolute atomic E-state index is 11.7. The lowest BCUT2D eigenvalue weighted by atomic mass is 10.1. The third-order valence-corrected chi connectivity index (χ3v) is 2.82. The Morgan fingerprint density at radius 3 is 2.37 bits per heavy atom. The van der Waals surface area contributed by atoms with Gasteiger partial charge in [0.15, 0.2) is 0 Å². The minimum Gasteiger partial charge on any atom is -0.359 e. The van der Waals surface area contributed by atoms with Crippen LogP contribution in [0, 0.1) is 5.92 Å². The molecule has 2 amide bonds. The molecule has 1 aromatic rings. The molecule has 0 bridgehead atoms. The van der Waals surface area contributed by atoms with Crippen molar-refractivity contribution in [3.8, 4) is 0 Å². The second-order valence-corrected chi connectivity index (χ2v) is 4.64. The zero-order valence-electron chi connectivity index (χ0n) is 11.4. The molecular weight excluding hydrogens is 242 g/mol. The van der Waals surface area contributed by atoms with E-state index >= 15 is 0 Å². The third-order valence-electron chi connectivity index (χ3n) is 2.82. The number of carbonyl (C=O) groups excluding carboxylic acids is 2. The molecule has 0 aliphatic heterocycles. The summed E-state index contributed by atoms with van der Waals surface area (Å²) in [6.45, 7) is 2.44. The van der Waals surface area contributed by atoms with E-state index in [1.807, 2.05) is 19.1 Å². The Morgan fingerprint density at radius 2 is 1.84 bits per heavy atom. The first-order chi connectivity index (χ1) is 9.05. The van der Waals surface area contributed by atoms with E-state index in [1.54, 1.807) is 19.2 Å². The summed E-state index contributed by atoms with van der Waals surface area (Å²) in [7, 11) is 1.61. The zero-order valence-corrected chi connectivity index (χ0v) is 11.4. The molecule has 4 N–H and O–H groups in total. The van der Waals surface area contributed by atoms with Crippen LogP contribution in [-0.4, -0.2) is 25.4 Å². The molecule has 0 heterocycles. The average molecular weight is 263 g/mol. The number of nitrogens with one attached hydrogen (secondary N) is 2. The fraction of sp³-hybridized carbons (Fsp3) is 0.429.